The number of aromatic hydroxyl groups is 2. The molecule has 0 aliphatic carbocycles. The van der Waals surface area contributed by atoms with Crippen LogP contribution in [0.25, 0.3) is 20.2 Å². The number of phenols is 2. The number of fused-ring (bicyclic) bond motifs is 2. The van der Waals surface area contributed by atoms with Crippen LogP contribution in [0.4, 0.5) is 0 Å². The van der Waals surface area contributed by atoms with Crippen LogP contribution in [0.15, 0.2) is 35.1 Å². The van der Waals surface area contributed by atoms with Gasteiger partial charge in [0.2, 0.25) is 0 Å². The van der Waals surface area contributed by atoms with E-state index >= 15 is 0 Å². The molecular formula is C16H14O3S. The zero-order valence-corrected chi connectivity index (χ0v) is 12.0. The Morgan fingerprint density at radius 2 is 1.85 bits per heavy atom. The second-order valence-corrected chi connectivity index (χ2v) is 6.17. The van der Waals surface area contributed by atoms with E-state index in [2.05, 4.69) is 0 Å². The molecule has 0 amide bonds. The van der Waals surface area contributed by atoms with E-state index in [1.165, 1.54) is 17.4 Å². The van der Waals surface area contributed by atoms with Crippen molar-refractivity contribution in [1.82, 2.24) is 0 Å². The summed E-state index contributed by atoms with van der Waals surface area (Å²) in [5.41, 5.74) is 0.677. The normalized spacial score (nSPS) is 11.6. The van der Waals surface area contributed by atoms with Gasteiger partial charge in [-0.15, -0.1) is 11.3 Å². The molecule has 3 rings (SSSR count). The average Bonchev–Trinajstić information content (AvgIpc) is 2.43. The standard InChI is InChI=1S/C16H14O3S/c1-8(2)10-7-11(17)15(19)16-13(10)14(18)9-5-3-4-6-12(9)20-16/h3-8,17,19H,1-2H3. The summed E-state index contributed by atoms with van der Waals surface area (Å²) in [6.45, 7) is 3.93. The highest BCUT2D eigenvalue weighted by Crippen LogP contribution is 2.41. The Kier molecular flexibility index (Phi) is 2.91. The fraction of sp³-hybridized carbons (Fsp3) is 0.188. The molecule has 20 heavy (non-hydrogen) atoms. The van der Waals surface area contributed by atoms with Gasteiger partial charge in [0.25, 0.3) is 0 Å². The summed E-state index contributed by atoms with van der Waals surface area (Å²) in [6, 6.07) is 8.82. The van der Waals surface area contributed by atoms with Gasteiger partial charge in [-0.25, -0.2) is 0 Å². The van der Waals surface area contributed by atoms with Gasteiger partial charge in [-0.1, -0.05) is 26.0 Å². The summed E-state index contributed by atoms with van der Waals surface area (Å²) in [6.07, 6.45) is 0. The summed E-state index contributed by atoms with van der Waals surface area (Å²) in [7, 11) is 0. The van der Waals surface area contributed by atoms with Gasteiger partial charge in [0.05, 0.1) is 4.70 Å². The van der Waals surface area contributed by atoms with Gasteiger partial charge < -0.3 is 10.2 Å². The van der Waals surface area contributed by atoms with Crippen molar-refractivity contribution < 1.29 is 10.2 Å². The third-order valence-corrected chi connectivity index (χ3v) is 4.64. The van der Waals surface area contributed by atoms with Crippen molar-refractivity contribution in [2.45, 2.75) is 19.8 Å². The molecule has 0 atom stereocenters. The Bertz CT molecular complexity index is 878. The summed E-state index contributed by atoms with van der Waals surface area (Å²) < 4.78 is 1.26. The Labute approximate surface area is 119 Å². The van der Waals surface area contributed by atoms with Crippen LogP contribution >= 0.6 is 11.3 Å². The van der Waals surface area contributed by atoms with E-state index in [9.17, 15) is 15.0 Å². The molecule has 0 saturated heterocycles. The second-order valence-electron chi connectivity index (χ2n) is 5.12. The van der Waals surface area contributed by atoms with Crippen molar-refractivity contribution in [3.05, 3.63) is 46.1 Å². The van der Waals surface area contributed by atoms with E-state index in [0.29, 0.717) is 15.5 Å². The maximum atomic E-state index is 12.7. The first-order valence-electron chi connectivity index (χ1n) is 6.41. The van der Waals surface area contributed by atoms with E-state index in [1.807, 2.05) is 32.0 Å². The Hall–Kier alpha value is -2.07. The minimum absolute atomic E-state index is 0.0880. The first-order valence-corrected chi connectivity index (χ1v) is 7.22. The lowest BCUT2D eigenvalue weighted by Crippen LogP contribution is -2.05. The quantitative estimate of drug-likeness (QED) is 0.526. The largest absolute Gasteiger partial charge is 0.504 e. The molecule has 3 nitrogen and oxygen atoms in total. The van der Waals surface area contributed by atoms with Crippen LogP contribution in [0.5, 0.6) is 11.5 Å². The predicted octanol–water partition coefficient (Wildman–Crippen LogP) is 3.95. The molecular weight excluding hydrogens is 272 g/mol. The molecule has 0 bridgehead atoms. The van der Waals surface area contributed by atoms with Crippen molar-refractivity contribution in [2.24, 2.45) is 0 Å². The number of hydrogen-bond donors (Lipinski definition) is 2. The summed E-state index contributed by atoms with van der Waals surface area (Å²) in [5.74, 6) is -0.297. The molecule has 1 aromatic heterocycles. The van der Waals surface area contributed by atoms with Crippen molar-refractivity contribution in [3.63, 3.8) is 0 Å². The molecule has 102 valence electrons. The van der Waals surface area contributed by atoms with Gasteiger partial charge in [0.1, 0.15) is 0 Å². The third kappa shape index (κ3) is 1.76. The molecule has 0 spiro atoms. The average molecular weight is 286 g/mol. The molecule has 0 fully saturated rings. The van der Waals surface area contributed by atoms with Crippen LogP contribution in [0.2, 0.25) is 0 Å². The maximum Gasteiger partial charge on any atom is 0.196 e. The lowest BCUT2D eigenvalue weighted by Gasteiger charge is -2.12. The van der Waals surface area contributed by atoms with Crippen LogP contribution in [-0.2, 0) is 0 Å². The molecule has 0 aliphatic rings. The predicted molar refractivity (Wildman–Crippen MR) is 83.0 cm³/mol. The lowest BCUT2D eigenvalue weighted by atomic mass is 9.97. The zero-order chi connectivity index (χ0) is 14.4. The zero-order valence-electron chi connectivity index (χ0n) is 11.2. The monoisotopic (exact) mass is 286 g/mol. The molecule has 2 N–H and O–H groups in total. The maximum absolute atomic E-state index is 12.7. The van der Waals surface area contributed by atoms with Crippen LogP contribution in [-0.4, -0.2) is 10.2 Å². The van der Waals surface area contributed by atoms with Crippen molar-refractivity contribution >= 4 is 31.5 Å². The topological polar surface area (TPSA) is 57.5 Å². The van der Waals surface area contributed by atoms with Crippen molar-refractivity contribution in [2.75, 3.05) is 0 Å². The minimum atomic E-state index is -0.211. The number of phenolic OH excluding ortho intramolecular Hbond substituents is 2. The SMILES string of the molecule is CC(C)c1cc(O)c(O)c2sc3ccccc3c(=O)c12. The van der Waals surface area contributed by atoms with Gasteiger partial charge >= 0.3 is 0 Å². The van der Waals surface area contributed by atoms with E-state index in [-0.39, 0.29) is 22.8 Å². The van der Waals surface area contributed by atoms with E-state index in [4.69, 9.17) is 0 Å². The number of rotatable bonds is 1. The highest BCUT2D eigenvalue weighted by Gasteiger charge is 2.18. The summed E-state index contributed by atoms with van der Waals surface area (Å²) >= 11 is 1.33. The van der Waals surface area contributed by atoms with E-state index < -0.39 is 0 Å². The number of hydrogen-bond acceptors (Lipinski definition) is 4. The van der Waals surface area contributed by atoms with Gasteiger partial charge in [-0.2, -0.15) is 0 Å². The Balaban J connectivity index is 2.64. The number of benzene rings is 2. The second kappa shape index (κ2) is 4.49. The highest BCUT2D eigenvalue weighted by atomic mass is 32.1. The van der Waals surface area contributed by atoms with Crippen molar-refractivity contribution in [1.29, 1.82) is 0 Å². The Morgan fingerprint density at radius 3 is 2.55 bits per heavy atom. The molecule has 4 heteroatoms. The van der Waals surface area contributed by atoms with Gasteiger partial charge in [-0.05, 0) is 29.7 Å². The molecule has 0 aliphatic heterocycles. The van der Waals surface area contributed by atoms with Crippen LogP contribution in [0.3, 0.4) is 0 Å². The third-order valence-electron chi connectivity index (χ3n) is 3.46. The first-order chi connectivity index (χ1) is 9.50. The van der Waals surface area contributed by atoms with Gasteiger partial charge in [-0.3, -0.25) is 4.79 Å². The molecule has 0 saturated carbocycles. The van der Waals surface area contributed by atoms with Gasteiger partial charge in [0, 0.05) is 15.5 Å². The summed E-state index contributed by atoms with van der Waals surface area (Å²) in [5, 5.41) is 21.1. The first kappa shape index (κ1) is 12.9. The highest BCUT2D eigenvalue weighted by molar-refractivity contribution is 7.25. The fourth-order valence-electron chi connectivity index (χ4n) is 2.43. The molecule has 1 heterocycles. The fourth-order valence-corrected chi connectivity index (χ4v) is 3.58. The Morgan fingerprint density at radius 1 is 1.15 bits per heavy atom. The molecule has 2 aromatic carbocycles. The van der Waals surface area contributed by atoms with E-state index in [1.54, 1.807) is 6.07 Å². The van der Waals surface area contributed by atoms with Crippen molar-refractivity contribution in [3.8, 4) is 11.5 Å². The lowest BCUT2D eigenvalue weighted by molar-refractivity contribution is 0.408. The van der Waals surface area contributed by atoms with Crippen LogP contribution < -0.4 is 5.43 Å². The van der Waals surface area contributed by atoms with E-state index in [0.717, 1.165) is 10.3 Å². The van der Waals surface area contributed by atoms with Crippen LogP contribution in [0.1, 0.15) is 25.3 Å². The molecule has 0 unspecified atom stereocenters. The van der Waals surface area contributed by atoms with Crippen LogP contribution in [0, 0.1) is 0 Å². The minimum Gasteiger partial charge on any atom is -0.504 e. The molecule has 0 radical (unpaired) electrons. The molecule has 3 aromatic rings. The summed E-state index contributed by atoms with van der Waals surface area (Å²) in [4.78, 5) is 12.7. The smallest absolute Gasteiger partial charge is 0.196 e. The van der Waals surface area contributed by atoms with Gasteiger partial charge in [0.15, 0.2) is 16.9 Å².